The van der Waals surface area contributed by atoms with Crippen LogP contribution in [0.1, 0.15) is 36.2 Å². The van der Waals surface area contributed by atoms with Crippen LogP contribution < -0.4 is 19.7 Å². The van der Waals surface area contributed by atoms with Crippen LogP contribution in [-0.4, -0.2) is 42.2 Å². The molecular formula is C19H22N4O3. The zero-order chi connectivity index (χ0) is 17.8. The number of hydrogen-bond donors (Lipinski definition) is 1. The number of aromatic nitrogens is 2. The fourth-order valence-electron chi connectivity index (χ4n) is 3.21. The summed E-state index contributed by atoms with van der Waals surface area (Å²) < 4.78 is 11.1. The van der Waals surface area contributed by atoms with Crippen LogP contribution in [0.4, 0.5) is 11.6 Å². The number of fused-ring (bicyclic) bond motifs is 1. The molecule has 1 amide bonds. The highest BCUT2D eigenvalue weighted by atomic mass is 16.6. The number of hydrogen-bond acceptors (Lipinski definition) is 6. The van der Waals surface area contributed by atoms with Crippen LogP contribution in [0.15, 0.2) is 30.5 Å². The van der Waals surface area contributed by atoms with E-state index >= 15 is 0 Å². The lowest BCUT2D eigenvalue weighted by molar-refractivity contribution is 0.102. The van der Waals surface area contributed by atoms with Gasteiger partial charge in [0.25, 0.3) is 5.91 Å². The molecule has 2 aliphatic heterocycles. The minimum Gasteiger partial charge on any atom is -0.486 e. The van der Waals surface area contributed by atoms with Crippen LogP contribution in [0.25, 0.3) is 0 Å². The predicted octanol–water partition coefficient (Wildman–Crippen LogP) is 2.88. The van der Waals surface area contributed by atoms with E-state index in [0.29, 0.717) is 42.0 Å². The van der Waals surface area contributed by atoms with Crippen LogP contribution in [0, 0.1) is 0 Å². The van der Waals surface area contributed by atoms with E-state index in [2.05, 4.69) is 20.2 Å². The summed E-state index contributed by atoms with van der Waals surface area (Å²) in [5.41, 5.74) is 1.00. The molecule has 2 aliphatic rings. The summed E-state index contributed by atoms with van der Waals surface area (Å²) in [4.78, 5) is 23.6. The Labute approximate surface area is 152 Å². The minimum atomic E-state index is -0.264. The van der Waals surface area contributed by atoms with Crippen LogP contribution in [-0.2, 0) is 0 Å². The Hall–Kier alpha value is -2.83. The van der Waals surface area contributed by atoms with Crippen molar-refractivity contribution in [3.05, 3.63) is 36.2 Å². The highest BCUT2D eigenvalue weighted by molar-refractivity contribution is 6.03. The number of benzene rings is 1. The standard InChI is InChI=1S/C19H22N4O3/c24-18(21-14-5-6-16-17(13-14)26-12-11-25-16)15-7-8-20-19(22-15)23-9-3-1-2-4-10-23/h5-8,13H,1-4,9-12H2,(H,21,24). The molecule has 1 N–H and O–H groups in total. The number of carbonyl (C=O) groups is 1. The van der Waals surface area contributed by atoms with Gasteiger partial charge in [0.15, 0.2) is 11.5 Å². The number of carbonyl (C=O) groups excluding carboxylic acids is 1. The fourth-order valence-corrected chi connectivity index (χ4v) is 3.21. The average molecular weight is 354 g/mol. The van der Waals surface area contributed by atoms with Gasteiger partial charge in [-0.05, 0) is 31.0 Å². The van der Waals surface area contributed by atoms with E-state index in [1.165, 1.54) is 12.8 Å². The van der Waals surface area contributed by atoms with Crippen molar-refractivity contribution in [3.8, 4) is 11.5 Å². The van der Waals surface area contributed by atoms with E-state index in [9.17, 15) is 4.79 Å². The van der Waals surface area contributed by atoms with Gasteiger partial charge in [-0.25, -0.2) is 9.97 Å². The maximum atomic E-state index is 12.6. The SMILES string of the molecule is O=C(Nc1ccc2c(c1)OCCO2)c1ccnc(N2CCCCCC2)n1. The van der Waals surface area contributed by atoms with Gasteiger partial charge in [0.2, 0.25) is 5.95 Å². The van der Waals surface area contributed by atoms with Gasteiger partial charge in [0.1, 0.15) is 18.9 Å². The van der Waals surface area contributed by atoms with Gasteiger partial charge in [-0.1, -0.05) is 12.8 Å². The van der Waals surface area contributed by atoms with Crippen molar-refractivity contribution in [3.63, 3.8) is 0 Å². The molecule has 0 spiro atoms. The van der Waals surface area contributed by atoms with Crippen molar-refractivity contribution in [2.45, 2.75) is 25.7 Å². The molecule has 0 radical (unpaired) electrons. The van der Waals surface area contributed by atoms with E-state index in [4.69, 9.17) is 9.47 Å². The van der Waals surface area contributed by atoms with E-state index in [1.807, 2.05) is 0 Å². The summed E-state index contributed by atoms with van der Waals surface area (Å²) in [5, 5.41) is 2.87. The molecule has 2 aromatic rings. The molecule has 0 bridgehead atoms. The van der Waals surface area contributed by atoms with Crippen LogP contribution >= 0.6 is 0 Å². The molecule has 1 aromatic carbocycles. The second-order valence-electron chi connectivity index (χ2n) is 6.46. The smallest absolute Gasteiger partial charge is 0.274 e. The third-order valence-corrected chi connectivity index (χ3v) is 4.56. The molecule has 4 rings (SSSR count). The van der Waals surface area contributed by atoms with E-state index in [1.54, 1.807) is 30.5 Å². The van der Waals surface area contributed by atoms with Crippen molar-refractivity contribution in [2.24, 2.45) is 0 Å². The topological polar surface area (TPSA) is 76.6 Å². The number of rotatable bonds is 3. The Kier molecular flexibility index (Phi) is 4.86. The first-order valence-corrected chi connectivity index (χ1v) is 9.08. The molecular weight excluding hydrogens is 332 g/mol. The van der Waals surface area contributed by atoms with Crippen molar-refractivity contribution >= 4 is 17.5 Å². The number of anilines is 2. The van der Waals surface area contributed by atoms with Gasteiger partial charge < -0.3 is 19.7 Å². The molecule has 1 saturated heterocycles. The average Bonchev–Trinajstić information content (AvgIpc) is 2.97. The molecule has 7 nitrogen and oxygen atoms in total. The molecule has 1 fully saturated rings. The Morgan fingerprint density at radius 1 is 1.00 bits per heavy atom. The van der Waals surface area contributed by atoms with E-state index < -0.39 is 0 Å². The number of nitrogens with one attached hydrogen (secondary N) is 1. The van der Waals surface area contributed by atoms with Crippen molar-refractivity contribution < 1.29 is 14.3 Å². The van der Waals surface area contributed by atoms with Gasteiger partial charge in [-0.3, -0.25) is 4.79 Å². The molecule has 0 atom stereocenters. The highest BCUT2D eigenvalue weighted by Crippen LogP contribution is 2.32. The second kappa shape index (κ2) is 7.59. The summed E-state index contributed by atoms with van der Waals surface area (Å²) in [6.07, 6.45) is 6.39. The molecule has 1 aromatic heterocycles. The van der Waals surface area contributed by atoms with Gasteiger partial charge in [-0.2, -0.15) is 0 Å². The first kappa shape index (κ1) is 16.6. The van der Waals surface area contributed by atoms with Gasteiger partial charge in [-0.15, -0.1) is 0 Å². The largest absolute Gasteiger partial charge is 0.486 e. The van der Waals surface area contributed by atoms with Crippen LogP contribution in [0.2, 0.25) is 0 Å². The van der Waals surface area contributed by atoms with Crippen LogP contribution in [0.3, 0.4) is 0 Å². The third-order valence-electron chi connectivity index (χ3n) is 4.56. The molecule has 7 heteroatoms. The maximum absolute atomic E-state index is 12.6. The summed E-state index contributed by atoms with van der Waals surface area (Å²) in [6, 6.07) is 6.99. The lowest BCUT2D eigenvalue weighted by atomic mass is 10.2. The highest BCUT2D eigenvalue weighted by Gasteiger charge is 2.17. The zero-order valence-corrected chi connectivity index (χ0v) is 14.6. The Balaban J connectivity index is 1.48. The zero-order valence-electron chi connectivity index (χ0n) is 14.6. The summed E-state index contributed by atoms with van der Waals surface area (Å²) in [6.45, 7) is 2.93. The molecule has 3 heterocycles. The Bertz CT molecular complexity index is 788. The Morgan fingerprint density at radius 3 is 2.58 bits per heavy atom. The maximum Gasteiger partial charge on any atom is 0.274 e. The summed E-state index contributed by atoms with van der Waals surface area (Å²) in [5.74, 6) is 1.70. The van der Waals surface area contributed by atoms with Gasteiger partial charge in [0.05, 0.1) is 0 Å². The lowest BCUT2D eigenvalue weighted by Crippen LogP contribution is -2.27. The molecule has 0 unspecified atom stereocenters. The normalized spacial score (nSPS) is 16.7. The minimum absolute atomic E-state index is 0.264. The van der Waals surface area contributed by atoms with Gasteiger partial charge in [0, 0.05) is 31.0 Å². The van der Waals surface area contributed by atoms with Crippen LogP contribution in [0.5, 0.6) is 11.5 Å². The third kappa shape index (κ3) is 3.71. The molecule has 0 saturated carbocycles. The fraction of sp³-hybridized carbons (Fsp3) is 0.421. The number of nitrogens with zero attached hydrogens (tertiary/aromatic N) is 3. The van der Waals surface area contributed by atoms with E-state index in [0.717, 1.165) is 25.9 Å². The monoisotopic (exact) mass is 354 g/mol. The Morgan fingerprint density at radius 2 is 1.77 bits per heavy atom. The van der Waals surface area contributed by atoms with E-state index in [-0.39, 0.29) is 5.91 Å². The number of ether oxygens (including phenoxy) is 2. The first-order chi connectivity index (χ1) is 12.8. The summed E-state index contributed by atoms with van der Waals surface area (Å²) in [7, 11) is 0. The van der Waals surface area contributed by atoms with Crippen molar-refractivity contribution in [2.75, 3.05) is 36.5 Å². The molecule has 26 heavy (non-hydrogen) atoms. The molecule has 136 valence electrons. The number of amides is 1. The quantitative estimate of drug-likeness (QED) is 0.913. The molecule has 0 aliphatic carbocycles. The first-order valence-electron chi connectivity index (χ1n) is 9.08. The van der Waals surface area contributed by atoms with Crippen molar-refractivity contribution in [1.82, 2.24) is 9.97 Å². The summed E-state index contributed by atoms with van der Waals surface area (Å²) >= 11 is 0. The lowest BCUT2D eigenvalue weighted by Gasteiger charge is -2.20. The predicted molar refractivity (Wildman–Crippen MR) is 98.1 cm³/mol. The van der Waals surface area contributed by atoms with Crippen molar-refractivity contribution in [1.29, 1.82) is 0 Å². The van der Waals surface area contributed by atoms with Gasteiger partial charge >= 0.3 is 0 Å². The second-order valence-corrected chi connectivity index (χ2v) is 6.46.